The number of hydrogen-bond acceptors (Lipinski definition) is 2. The molecule has 21 heavy (non-hydrogen) atoms. The van der Waals surface area contributed by atoms with Crippen molar-refractivity contribution in [1.82, 2.24) is 0 Å². The topological polar surface area (TPSA) is 35.2 Å². The van der Waals surface area contributed by atoms with Crippen LogP contribution in [0.2, 0.25) is 0 Å². The van der Waals surface area contributed by atoms with Crippen molar-refractivity contribution in [3.63, 3.8) is 0 Å². The summed E-state index contributed by atoms with van der Waals surface area (Å²) in [5.74, 6) is 1.36. The minimum absolute atomic E-state index is 0.296. The molecule has 1 aliphatic heterocycles. The van der Waals surface area contributed by atoms with E-state index in [1.54, 1.807) is 0 Å². The van der Waals surface area contributed by atoms with Gasteiger partial charge in [0, 0.05) is 21.3 Å². The highest BCUT2D eigenvalue weighted by Crippen LogP contribution is 2.36. The average Bonchev–Trinajstić information content (AvgIpc) is 2.92. The molecule has 1 aliphatic rings. The zero-order valence-corrected chi connectivity index (χ0v) is 14.8. The lowest BCUT2D eigenvalue weighted by Gasteiger charge is -2.18. The summed E-state index contributed by atoms with van der Waals surface area (Å²) in [5, 5.41) is 0. The maximum atomic E-state index is 6.02. The summed E-state index contributed by atoms with van der Waals surface area (Å²) in [6.45, 7) is 1.40. The molecular formula is C17H17Br2NO. The summed E-state index contributed by atoms with van der Waals surface area (Å²) in [7, 11) is 0. The second-order valence-corrected chi connectivity index (χ2v) is 7.17. The fraction of sp³-hybridized carbons (Fsp3) is 0.294. The van der Waals surface area contributed by atoms with Gasteiger partial charge in [-0.05, 0) is 53.9 Å². The van der Waals surface area contributed by atoms with E-state index in [1.807, 2.05) is 6.07 Å². The van der Waals surface area contributed by atoms with Crippen molar-refractivity contribution < 1.29 is 4.74 Å². The highest BCUT2D eigenvalue weighted by atomic mass is 79.9. The van der Waals surface area contributed by atoms with Crippen LogP contribution in [0.3, 0.4) is 0 Å². The lowest BCUT2D eigenvalue weighted by Crippen LogP contribution is -2.15. The van der Waals surface area contributed by atoms with E-state index in [0.717, 1.165) is 34.1 Å². The standard InChI is InChI=1S/C17H17Br2NO/c18-15-3-1-2-11(7-15)14(10-20)6-13-9-16(19)8-12-4-5-21-17(12)13/h1-3,7-9,14H,4-6,10,20H2. The van der Waals surface area contributed by atoms with Gasteiger partial charge in [-0.1, -0.05) is 44.0 Å². The number of ether oxygens (including phenoxy) is 1. The van der Waals surface area contributed by atoms with Crippen molar-refractivity contribution in [3.05, 3.63) is 62.0 Å². The first-order valence-electron chi connectivity index (χ1n) is 7.07. The van der Waals surface area contributed by atoms with E-state index >= 15 is 0 Å². The smallest absolute Gasteiger partial charge is 0.125 e. The van der Waals surface area contributed by atoms with Crippen LogP contribution < -0.4 is 10.5 Å². The Balaban J connectivity index is 1.91. The van der Waals surface area contributed by atoms with Crippen molar-refractivity contribution >= 4 is 31.9 Å². The Kier molecular flexibility index (Phi) is 4.67. The van der Waals surface area contributed by atoms with Crippen LogP contribution >= 0.6 is 31.9 Å². The molecule has 1 heterocycles. The van der Waals surface area contributed by atoms with Crippen LogP contribution in [0.1, 0.15) is 22.6 Å². The Hall–Kier alpha value is -0.840. The molecule has 0 amide bonds. The van der Waals surface area contributed by atoms with Gasteiger partial charge < -0.3 is 10.5 Å². The molecule has 0 spiro atoms. The van der Waals surface area contributed by atoms with Crippen LogP contribution in [0, 0.1) is 0 Å². The highest BCUT2D eigenvalue weighted by molar-refractivity contribution is 9.10. The fourth-order valence-electron chi connectivity index (χ4n) is 2.86. The van der Waals surface area contributed by atoms with Crippen molar-refractivity contribution in [2.24, 2.45) is 5.73 Å². The molecule has 3 rings (SSSR count). The predicted molar refractivity (Wildman–Crippen MR) is 93.0 cm³/mol. The normalized spacial score (nSPS) is 14.6. The van der Waals surface area contributed by atoms with Crippen molar-refractivity contribution in [1.29, 1.82) is 0 Å². The van der Waals surface area contributed by atoms with Gasteiger partial charge in [-0.25, -0.2) is 0 Å². The van der Waals surface area contributed by atoms with Crippen LogP contribution in [-0.4, -0.2) is 13.2 Å². The van der Waals surface area contributed by atoms with Gasteiger partial charge in [0.2, 0.25) is 0 Å². The van der Waals surface area contributed by atoms with Gasteiger partial charge in [0.25, 0.3) is 0 Å². The first kappa shape index (κ1) is 15.1. The Bertz CT molecular complexity index is 657. The molecule has 0 aliphatic carbocycles. The summed E-state index contributed by atoms with van der Waals surface area (Å²) >= 11 is 7.13. The molecular weight excluding hydrogens is 394 g/mol. The number of fused-ring (bicyclic) bond motifs is 1. The molecule has 0 saturated heterocycles. The molecule has 2 nitrogen and oxygen atoms in total. The SMILES string of the molecule is NCC(Cc1cc(Br)cc2c1OCC2)c1cccc(Br)c1. The molecule has 2 N–H and O–H groups in total. The Morgan fingerprint density at radius 2 is 2.00 bits per heavy atom. The first-order chi connectivity index (χ1) is 10.2. The molecule has 0 radical (unpaired) electrons. The fourth-order valence-corrected chi connectivity index (χ4v) is 3.83. The molecule has 1 unspecified atom stereocenters. The van der Waals surface area contributed by atoms with Crippen molar-refractivity contribution in [3.8, 4) is 5.75 Å². The summed E-state index contributed by atoms with van der Waals surface area (Å²) in [5.41, 5.74) is 9.82. The second kappa shape index (κ2) is 6.51. The number of rotatable bonds is 4. The van der Waals surface area contributed by atoms with Crippen LogP contribution in [0.25, 0.3) is 0 Å². The lowest BCUT2D eigenvalue weighted by atomic mass is 9.91. The van der Waals surface area contributed by atoms with E-state index in [1.165, 1.54) is 16.7 Å². The molecule has 0 aromatic heterocycles. The van der Waals surface area contributed by atoms with Crippen molar-refractivity contribution in [2.75, 3.05) is 13.2 Å². The van der Waals surface area contributed by atoms with Crippen LogP contribution in [0.15, 0.2) is 45.3 Å². The van der Waals surface area contributed by atoms with Crippen LogP contribution in [0.5, 0.6) is 5.75 Å². The third-order valence-corrected chi connectivity index (χ3v) is 4.85. The van der Waals surface area contributed by atoms with E-state index in [9.17, 15) is 0 Å². The van der Waals surface area contributed by atoms with E-state index in [4.69, 9.17) is 10.5 Å². The van der Waals surface area contributed by atoms with E-state index < -0.39 is 0 Å². The van der Waals surface area contributed by atoms with E-state index in [0.29, 0.717) is 12.5 Å². The largest absolute Gasteiger partial charge is 0.493 e. The van der Waals surface area contributed by atoms with Gasteiger partial charge in [-0.3, -0.25) is 0 Å². The molecule has 1 atom stereocenters. The van der Waals surface area contributed by atoms with Gasteiger partial charge in [-0.15, -0.1) is 0 Å². The van der Waals surface area contributed by atoms with Gasteiger partial charge >= 0.3 is 0 Å². The molecule has 4 heteroatoms. The zero-order chi connectivity index (χ0) is 14.8. The second-order valence-electron chi connectivity index (χ2n) is 5.34. The Morgan fingerprint density at radius 3 is 2.76 bits per heavy atom. The maximum Gasteiger partial charge on any atom is 0.125 e. The van der Waals surface area contributed by atoms with Crippen LogP contribution in [-0.2, 0) is 12.8 Å². The minimum atomic E-state index is 0.296. The van der Waals surface area contributed by atoms with E-state index in [-0.39, 0.29) is 0 Å². The van der Waals surface area contributed by atoms with Gasteiger partial charge in [0.15, 0.2) is 0 Å². The lowest BCUT2D eigenvalue weighted by molar-refractivity contribution is 0.352. The third-order valence-electron chi connectivity index (χ3n) is 3.90. The Labute approximate surface area is 141 Å². The van der Waals surface area contributed by atoms with Gasteiger partial charge in [-0.2, -0.15) is 0 Å². The summed E-state index contributed by atoms with van der Waals surface area (Å²) in [6, 6.07) is 12.7. The quantitative estimate of drug-likeness (QED) is 0.808. The van der Waals surface area contributed by atoms with Gasteiger partial charge in [0.05, 0.1) is 6.61 Å². The predicted octanol–water partition coefficient (Wildman–Crippen LogP) is 4.43. The number of hydrogen-bond donors (Lipinski definition) is 1. The average molecular weight is 411 g/mol. The van der Waals surface area contributed by atoms with Gasteiger partial charge in [0.1, 0.15) is 5.75 Å². The third kappa shape index (κ3) is 3.33. The van der Waals surface area contributed by atoms with E-state index in [2.05, 4.69) is 62.2 Å². The molecule has 2 aromatic carbocycles. The van der Waals surface area contributed by atoms with Crippen molar-refractivity contribution in [2.45, 2.75) is 18.8 Å². The molecule has 2 aromatic rings. The number of benzene rings is 2. The summed E-state index contributed by atoms with van der Waals surface area (Å²) < 4.78 is 8.03. The molecule has 0 fully saturated rings. The zero-order valence-electron chi connectivity index (χ0n) is 11.6. The molecule has 110 valence electrons. The monoisotopic (exact) mass is 409 g/mol. The molecule has 0 saturated carbocycles. The number of nitrogens with two attached hydrogens (primary N) is 1. The summed E-state index contributed by atoms with van der Waals surface area (Å²) in [4.78, 5) is 0. The Morgan fingerprint density at radius 1 is 1.14 bits per heavy atom. The molecule has 0 bridgehead atoms. The maximum absolute atomic E-state index is 6.02. The summed E-state index contributed by atoms with van der Waals surface area (Å²) in [6.07, 6.45) is 1.89. The van der Waals surface area contributed by atoms with Crippen LogP contribution in [0.4, 0.5) is 0 Å². The number of halogens is 2. The highest BCUT2D eigenvalue weighted by Gasteiger charge is 2.20. The first-order valence-corrected chi connectivity index (χ1v) is 8.65. The minimum Gasteiger partial charge on any atom is -0.493 e.